The Morgan fingerprint density at radius 1 is 1.22 bits per heavy atom. The highest BCUT2D eigenvalue weighted by atomic mass is 32.2. The normalized spacial score (nSPS) is 17.2. The lowest BCUT2D eigenvalue weighted by molar-refractivity contribution is 0.282. The summed E-state index contributed by atoms with van der Waals surface area (Å²) in [6.45, 7) is 4.28. The van der Waals surface area contributed by atoms with Crippen LogP contribution in [0.4, 0.5) is 5.82 Å². The summed E-state index contributed by atoms with van der Waals surface area (Å²) in [5.74, 6) is 0.575. The number of hydrogen-bond acceptors (Lipinski definition) is 7. The van der Waals surface area contributed by atoms with Crippen LogP contribution < -0.4 is 4.90 Å². The molecule has 0 aliphatic carbocycles. The number of pyridine rings is 1. The second-order valence-electron chi connectivity index (χ2n) is 5.69. The van der Waals surface area contributed by atoms with Crippen LogP contribution in [0.2, 0.25) is 0 Å². The van der Waals surface area contributed by atoms with Crippen LogP contribution in [0.25, 0.3) is 0 Å². The van der Waals surface area contributed by atoms with Gasteiger partial charge in [-0.05, 0) is 18.6 Å². The topological polar surface area (TPSA) is 66.4 Å². The highest BCUT2D eigenvalue weighted by molar-refractivity contribution is 7.90. The van der Waals surface area contributed by atoms with Crippen molar-refractivity contribution < 1.29 is 8.42 Å². The highest BCUT2D eigenvalue weighted by Gasteiger charge is 2.22. The summed E-state index contributed by atoms with van der Waals surface area (Å²) in [5, 5.41) is 2.07. The Kier molecular flexibility index (Phi) is 4.93. The second kappa shape index (κ2) is 6.94. The predicted molar refractivity (Wildman–Crippen MR) is 91.6 cm³/mol. The highest BCUT2D eigenvalue weighted by Crippen LogP contribution is 2.23. The molecule has 0 amide bonds. The molecular formula is C15H20N4O2S2. The first kappa shape index (κ1) is 16.4. The van der Waals surface area contributed by atoms with Crippen LogP contribution in [-0.4, -0.2) is 55.7 Å². The molecule has 124 valence electrons. The number of hydrogen-bond donors (Lipinski definition) is 0. The molecule has 0 atom stereocenters. The van der Waals surface area contributed by atoms with E-state index in [1.54, 1.807) is 29.7 Å². The molecule has 0 spiro atoms. The maximum atomic E-state index is 12.0. The summed E-state index contributed by atoms with van der Waals surface area (Å²) in [4.78, 5) is 13.4. The number of sulfone groups is 1. The van der Waals surface area contributed by atoms with Gasteiger partial charge in [0.05, 0.1) is 11.2 Å². The zero-order chi connectivity index (χ0) is 16.3. The van der Waals surface area contributed by atoms with Crippen LogP contribution in [0.5, 0.6) is 0 Å². The van der Waals surface area contributed by atoms with E-state index in [4.69, 9.17) is 0 Å². The standard InChI is InChI=1S/C15H20N4O2S2/c1-23(20,21)14-4-2-5-16-15(14)19-7-3-6-18(8-9-19)10-13-11-22-12-17-13/h2,4-5,11-12H,3,6-10H2,1H3. The quantitative estimate of drug-likeness (QED) is 0.834. The van der Waals surface area contributed by atoms with Gasteiger partial charge < -0.3 is 4.90 Å². The van der Waals surface area contributed by atoms with Gasteiger partial charge in [0.2, 0.25) is 0 Å². The van der Waals surface area contributed by atoms with Crippen LogP contribution in [0, 0.1) is 0 Å². The van der Waals surface area contributed by atoms with E-state index in [-0.39, 0.29) is 0 Å². The van der Waals surface area contributed by atoms with Crippen molar-refractivity contribution in [2.24, 2.45) is 0 Å². The van der Waals surface area contributed by atoms with Crippen LogP contribution in [0.15, 0.2) is 34.1 Å². The Bertz CT molecular complexity index is 747. The Balaban J connectivity index is 1.74. The summed E-state index contributed by atoms with van der Waals surface area (Å²) < 4.78 is 23.9. The largest absolute Gasteiger partial charge is 0.354 e. The van der Waals surface area contributed by atoms with Crippen LogP contribution in [0.1, 0.15) is 12.1 Å². The number of thiazole rings is 1. The minimum atomic E-state index is -3.28. The summed E-state index contributed by atoms with van der Waals surface area (Å²) in [7, 11) is -3.28. The molecule has 3 heterocycles. The molecule has 0 bridgehead atoms. The molecule has 3 rings (SSSR count). The average Bonchev–Trinajstić information content (AvgIpc) is 2.91. The monoisotopic (exact) mass is 352 g/mol. The first-order valence-electron chi connectivity index (χ1n) is 7.53. The molecule has 2 aromatic heterocycles. The Morgan fingerprint density at radius 3 is 2.83 bits per heavy atom. The van der Waals surface area contributed by atoms with E-state index in [2.05, 4.69) is 25.1 Å². The first-order chi connectivity index (χ1) is 11.0. The van der Waals surface area contributed by atoms with E-state index >= 15 is 0 Å². The lowest BCUT2D eigenvalue weighted by Gasteiger charge is -2.24. The SMILES string of the molecule is CS(=O)(=O)c1cccnc1N1CCCN(Cc2cscn2)CC1. The van der Waals surface area contributed by atoms with Crippen molar-refractivity contribution in [3.8, 4) is 0 Å². The van der Waals surface area contributed by atoms with E-state index in [0.717, 1.165) is 44.8 Å². The zero-order valence-electron chi connectivity index (χ0n) is 13.1. The third-order valence-corrected chi connectivity index (χ3v) is 5.66. The molecule has 0 unspecified atom stereocenters. The molecule has 1 aliphatic heterocycles. The number of aromatic nitrogens is 2. The van der Waals surface area contributed by atoms with Gasteiger partial charge in [0.25, 0.3) is 0 Å². The fraction of sp³-hybridized carbons (Fsp3) is 0.467. The maximum Gasteiger partial charge on any atom is 0.179 e. The third-order valence-electron chi connectivity index (χ3n) is 3.91. The molecule has 0 saturated carbocycles. The lowest BCUT2D eigenvalue weighted by atomic mass is 10.3. The molecule has 23 heavy (non-hydrogen) atoms. The molecule has 0 radical (unpaired) electrons. The number of anilines is 1. The Hall–Kier alpha value is -1.51. The lowest BCUT2D eigenvalue weighted by Crippen LogP contribution is -2.31. The fourth-order valence-electron chi connectivity index (χ4n) is 2.79. The Labute approximate surface area is 140 Å². The van der Waals surface area contributed by atoms with Crippen molar-refractivity contribution in [1.29, 1.82) is 0 Å². The van der Waals surface area contributed by atoms with Crippen molar-refractivity contribution in [3.05, 3.63) is 34.9 Å². The number of nitrogens with zero attached hydrogens (tertiary/aromatic N) is 4. The molecule has 1 saturated heterocycles. The molecule has 2 aromatic rings. The van der Waals surface area contributed by atoms with E-state index in [9.17, 15) is 8.42 Å². The van der Waals surface area contributed by atoms with E-state index in [1.165, 1.54) is 6.26 Å². The molecule has 0 N–H and O–H groups in total. The summed E-state index contributed by atoms with van der Waals surface area (Å²) in [5.41, 5.74) is 2.95. The van der Waals surface area contributed by atoms with Gasteiger partial charge in [0.1, 0.15) is 10.7 Å². The second-order valence-corrected chi connectivity index (χ2v) is 8.40. The van der Waals surface area contributed by atoms with E-state index < -0.39 is 9.84 Å². The molecule has 0 aromatic carbocycles. The van der Waals surface area contributed by atoms with Crippen molar-refractivity contribution in [2.75, 3.05) is 37.3 Å². The van der Waals surface area contributed by atoms with Crippen molar-refractivity contribution >= 4 is 27.0 Å². The Morgan fingerprint density at radius 2 is 2.09 bits per heavy atom. The van der Waals surface area contributed by atoms with Gasteiger partial charge in [-0.3, -0.25) is 4.90 Å². The van der Waals surface area contributed by atoms with Crippen LogP contribution in [0.3, 0.4) is 0 Å². The summed E-state index contributed by atoms with van der Waals surface area (Å²) >= 11 is 1.61. The van der Waals surface area contributed by atoms with Crippen molar-refractivity contribution in [2.45, 2.75) is 17.9 Å². The smallest absolute Gasteiger partial charge is 0.179 e. The van der Waals surface area contributed by atoms with Gasteiger partial charge in [-0.1, -0.05) is 0 Å². The van der Waals surface area contributed by atoms with Gasteiger partial charge in [-0.2, -0.15) is 0 Å². The van der Waals surface area contributed by atoms with E-state index in [0.29, 0.717) is 10.7 Å². The number of rotatable bonds is 4. The van der Waals surface area contributed by atoms with Gasteiger partial charge in [-0.15, -0.1) is 11.3 Å². The fourth-order valence-corrected chi connectivity index (χ4v) is 4.18. The predicted octanol–water partition coefficient (Wildman–Crippen LogP) is 1.65. The molecule has 1 aliphatic rings. The minimum Gasteiger partial charge on any atom is -0.354 e. The van der Waals surface area contributed by atoms with Gasteiger partial charge in [0.15, 0.2) is 9.84 Å². The van der Waals surface area contributed by atoms with Gasteiger partial charge >= 0.3 is 0 Å². The molecule has 1 fully saturated rings. The van der Waals surface area contributed by atoms with Crippen molar-refractivity contribution in [3.63, 3.8) is 0 Å². The van der Waals surface area contributed by atoms with Crippen molar-refractivity contribution in [1.82, 2.24) is 14.9 Å². The van der Waals surface area contributed by atoms with Crippen LogP contribution in [-0.2, 0) is 16.4 Å². The van der Waals surface area contributed by atoms with E-state index in [1.807, 2.05) is 5.51 Å². The molecular weight excluding hydrogens is 332 g/mol. The van der Waals surface area contributed by atoms with Gasteiger partial charge in [-0.25, -0.2) is 18.4 Å². The summed E-state index contributed by atoms with van der Waals surface area (Å²) in [6, 6.07) is 3.31. The average molecular weight is 352 g/mol. The van der Waals surface area contributed by atoms with Gasteiger partial charge in [0, 0.05) is 50.6 Å². The first-order valence-corrected chi connectivity index (χ1v) is 10.4. The molecule has 8 heteroatoms. The minimum absolute atomic E-state index is 0.313. The third kappa shape index (κ3) is 4.07. The molecule has 6 nitrogen and oxygen atoms in total. The summed E-state index contributed by atoms with van der Waals surface area (Å²) in [6.07, 6.45) is 3.87. The maximum absolute atomic E-state index is 12.0. The zero-order valence-corrected chi connectivity index (χ0v) is 14.7. The van der Waals surface area contributed by atoms with Crippen LogP contribution >= 0.6 is 11.3 Å².